The Balaban J connectivity index is 1.73. The number of aromatic nitrogens is 3. The van der Waals surface area contributed by atoms with Gasteiger partial charge in [-0.3, -0.25) is 4.79 Å². The molecule has 0 saturated carbocycles. The molecule has 0 fully saturated rings. The van der Waals surface area contributed by atoms with E-state index in [0.29, 0.717) is 25.2 Å². The molecule has 0 bridgehead atoms. The van der Waals surface area contributed by atoms with Gasteiger partial charge in [0.2, 0.25) is 0 Å². The summed E-state index contributed by atoms with van der Waals surface area (Å²) in [5.74, 6) is -0.307. The zero-order valence-electron chi connectivity index (χ0n) is 11.0. The van der Waals surface area contributed by atoms with Crippen LogP contribution in [0.5, 0.6) is 0 Å². The van der Waals surface area contributed by atoms with Crippen LogP contribution in [0.15, 0.2) is 23.8 Å². The highest BCUT2D eigenvalue weighted by atomic mass is 32.1. The molecule has 1 aliphatic heterocycles. The Kier molecular flexibility index (Phi) is 3.53. The lowest BCUT2D eigenvalue weighted by Gasteiger charge is -2.26. The fraction of sp³-hybridized carbons (Fsp3) is 0.231. The normalized spacial score (nSPS) is 14.4. The van der Waals surface area contributed by atoms with Gasteiger partial charge in [0.15, 0.2) is 5.82 Å². The summed E-state index contributed by atoms with van der Waals surface area (Å²) < 4.78 is 1.93. The summed E-state index contributed by atoms with van der Waals surface area (Å²) >= 11 is 1.34. The molecule has 8 heteroatoms. The van der Waals surface area contributed by atoms with Crippen LogP contribution < -0.4 is 0 Å². The maximum absolute atomic E-state index is 12.4. The minimum Gasteiger partial charge on any atom is -0.478 e. The van der Waals surface area contributed by atoms with Crippen molar-refractivity contribution in [1.82, 2.24) is 19.7 Å². The number of thiophene rings is 1. The number of fused-ring (bicyclic) bond motifs is 1. The average molecular weight is 304 g/mol. The molecular formula is C13H12N4O3S. The minimum atomic E-state index is -1.01. The van der Waals surface area contributed by atoms with E-state index in [-0.39, 0.29) is 5.91 Å². The van der Waals surface area contributed by atoms with E-state index in [9.17, 15) is 9.59 Å². The smallest absolute Gasteiger partial charge is 0.328 e. The van der Waals surface area contributed by atoms with Gasteiger partial charge in [-0.2, -0.15) is 0 Å². The fourth-order valence-electron chi connectivity index (χ4n) is 2.13. The molecule has 0 aliphatic carbocycles. The van der Waals surface area contributed by atoms with Gasteiger partial charge in [-0.15, -0.1) is 21.5 Å². The van der Waals surface area contributed by atoms with Crippen molar-refractivity contribution >= 4 is 29.3 Å². The zero-order chi connectivity index (χ0) is 14.8. The Morgan fingerprint density at radius 3 is 3.05 bits per heavy atom. The quantitative estimate of drug-likeness (QED) is 0.858. The summed E-state index contributed by atoms with van der Waals surface area (Å²) in [6.45, 7) is 1.74. The summed E-state index contributed by atoms with van der Waals surface area (Å²) in [7, 11) is 0. The number of hydrogen-bond acceptors (Lipinski definition) is 5. The van der Waals surface area contributed by atoms with Crippen LogP contribution in [0.1, 0.15) is 21.1 Å². The Morgan fingerprint density at radius 2 is 2.24 bits per heavy atom. The molecule has 7 nitrogen and oxygen atoms in total. The topological polar surface area (TPSA) is 88.3 Å². The van der Waals surface area contributed by atoms with Crippen LogP contribution in [0.3, 0.4) is 0 Å². The van der Waals surface area contributed by atoms with E-state index in [1.165, 1.54) is 17.4 Å². The van der Waals surface area contributed by atoms with Crippen molar-refractivity contribution in [3.8, 4) is 0 Å². The van der Waals surface area contributed by atoms with Crippen LogP contribution in [-0.2, 0) is 17.9 Å². The molecule has 2 aromatic rings. The molecule has 0 radical (unpaired) electrons. The van der Waals surface area contributed by atoms with E-state index in [2.05, 4.69) is 10.2 Å². The third kappa shape index (κ3) is 2.84. The van der Waals surface area contributed by atoms with E-state index >= 15 is 0 Å². The summed E-state index contributed by atoms with van der Waals surface area (Å²) in [5.41, 5.74) is 0.568. The number of carbonyl (C=O) groups excluding carboxylic acids is 1. The SMILES string of the molecule is O=C(O)C=Cc1cc(C(=O)N2CCn3cnnc3C2)cs1. The molecule has 0 saturated heterocycles. The van der Waals surface area contributed by atoms with Crippen LogP contribution in [0.25, 0.3) is 6.08 Å². The lowest BCUT2D eigenvalue weighted by molar-refractivity contribution is -0.131. The highest BCUT2D eigenvalue weighted by molar-refractivity contribution is 7.11. The van der Waals surface area contributed by atoms with E-state index in [1.54, 1.807) is 22.7 Å². The van der Waals surface area contributed by atoms with E-state index < -0.39 is 5.97 Å². The number of rotatable bonds is 3. The number of aliphatic carboxylic acids is 1. The molecule has 0 aromatic carbocycles. The molecule has 0 spiro atoms. The van der Waals surface area contributed by atoms with Crippen molar-refractivity contribution in [1.29, 1.82) is 0 Å². The van der Waals surface area contributed by atoms with Gasteiger partial charge in [-0.1, -0.05) is 0 Å². The largest absolute Gasteiger partial charge is 0.478 e. The third-order valence-corrected chi connectivity index (χ3v) is 4.08. The average Bonchev–Trinajstić information content (AvgIpc) is 3.12. The number of hydrogen-bond donors (Lipinski definition) is 1. The number of carboxylic acids is 1. The molecule has 2 aromatic heterocycles. The van der Waals surface area contributed by atoms with E-state index in [0.717, 1.165) is 16.8 Å². The van der Waals surface area contributed by atoms with Gasteiger partial charge in [-0.25, -0.2) is 4.79 Å². The monoisotopic (exact) mass is 304 g/mol. The van der Waals surface area contributed by atoms with Crippen LogP contribution >= 0.6 is 11.3 Å². The molecule has 1 amide bonds. The second kappa shape index (κ2) is 5.49. The number of nitrogens with zero attached hydrogens (tertiary/aromatic N) is 4. The Morgan fingerprint density at radius 1 is 1.38 bits per heavy atom. The van der Waals surface area contributed by atoms with Crippen LogP contribution in [0, 0.1) is 0 Å². The van der Waals surface area contributed by atoms with Crippen molar-refractivity contribution in [2.24, 2.45) is 0 Å². The van der Waals surface area contributed by atoms with Crippen molar-refractivity contribution in [3.63, 3.8) is 0 Å². The summed E-state index contributed by atoms with van der Waals surface area (Å²) in [5, 5.41) is 18.1. The highest BCUT2D eigenvalue weighted by Gasteiger charge is 2.23. The van der Waals surface area contributed by atoms with Gasteiger partial charge in [0.05, 0.1) is 12.1 Å². The second-order valence-electron chi connectivity index (χ2n) is 4.58. The van der Waals surface area contributed by atoms with Gasteiger partial charge in [0.25, 0.3) is 5.91 Å². The maximum atomic E-state index is 12.4. The molecule has 1 N–H and O–H groups in total. The zero-order valence-corrected chi connectivity index (χ0v) is 11.8. The third-order valence-electron chi connectivity index (χ3n) is 3.18. The molecule has 21 heavy (non-hydrogen) atoms. The van der Waals surface area contributed by atoms with Gasteiger partial charge >= 0.3 is 5.97 Å². The first-order valence-electron chi connectivity index (χ1n) is 6.29. The predicted octanol–water partition coefficient (Wildman–Crippen LogP) is 1.09. The molecule has 3 rings (SSSR count). The lowest BCUT2D eigenvalue weighted by Crippen LogP contribution is -2.38. The van der Waals surface area contributed by atoms with Gasteiger partial charge in [0, 0.05) is 29.4 Å². The van der Waals surface area contributed by atoms with Crippen molar-refractivity contribution in [2.75, 3.05) is 6.54 Å². The summed E-state index contributed by atoms with van der Waals surface area (Å²) in [6.07, 6.45) is 4.20. The molecule has 0 unspecified atom stereocenters. The van der Waals surface area contributed by atoms with Crippen LogP contribution in [-0.4, -0.2) is 43.2 Å². The number of amides is 1. The standard InChI is InChI=1S/C13H12N4O3S/c18-12(19)2-1-10-5-9(7-21-10)13(20)16-3-4-17-8-14-15-11(17)6-16/h1-2,5,7-8H,3-4,6H2,(H,18,19). The first-order chi connectivity index (χ1) is 10.1. The van der Waals surface area contributed by atoms with Gasteiger partial charge in [0.1, 0.15) is 6.33 Å². The van der Waals surface area contributed by atoms with Crippen LogP contribution in [0.4, 0.5) is 0 Å². The predicted molar refractivity (Wildman–Crippen MR) is 75.8 cm³/mol. The molecule has 1 aliphatic rings. The first-order valence-corrected chi connectivity index (χ1v) is 7.17. The van der Waals surface area contributed by atoms with Gasteiger partial charge in [-0.05, 0) is 12.1 Å². The highest BCUT2D eigenvalue weighted by Crippen LogP contribution is 2.20. The lowest BCUT2D eigenvalue weighted by atomic mass is 10.2. The summed E-state index contributed by atoms with van der Waals surface area (Å²) in [4.78, 5) is 25.4. The number of carbonyl (C=O) groups is 2. The second-order valence-corrected chi connectivity index (χ2v) is 5.52. The molecular weight excluding hydrogens is 292 g/mol. The van der Waals surface area contributed by atoms with Gasteiger partial charge < -0.3 is 14.6 Å². The summed E-state index contributed by atoms with van der Waals surface area (Å²) in [6, 6.07) is 1.70. The fourth-order valence-corrected chi connectivity index (χ4v) is 2.90. The Bertz CT molecular complexity index is 719. The minimum absolute atomic E-state index is 0.0736. The van der Waals surface area contributed by atoms with E-state index in [1.807, 2.05) is 4.57 Å². The van der Waals surface area contributed by atoms with Crippen molar-refractivity contribution in [2.45, 2.75) is 13.1 Å². The molecule has 3 heterocycles. The maximum Gasteiger partial charge on any atom is 0.328 e. The van der Waals surface area contributed by atoms with Crippen LogP contribution in [0.2, 0.25) is 0 Å². The Hall–Kier alpha value is -2.48. The Labute approximate surface area is 124 Å². The number of carboxylic acid groups (broad SMARTS) is 1. The van der Waals surface area contributed by atoms with E-state index in [4.69, 9.17) is 5.11 Å². The molecule has 108 valence electrons. The first kappa shape index (κ1) is 13.5. The van der Waals surface area contributed by atoms with Crippen molar-refractivity contribution < 1.29 is 14.7 Å². The molecule has 0 atom stereocenters. The van der Waals surface area contributed by atoms with Crippen molar-refractivity contribution in [3.05, 3.63) is 40.1 Å².